The summed E-state index contributed by atoms with van der Waals surface area (Å²) in [5.41, 5.74) is -0.0221. The first-order valence-electron chi connectivity index (χ1n) is 8.96. The van der Waals surface area contributed by atoms with E-state index in [0.29, 0.717) is 6.04 Å². The van der Waals surface area contributed by atoms with Gasteiger partial charge in [0.15, 0.2) is 0 Å². The van der Waals surface area contributed by atoms with E-state index in [1.54, 1.807) is 0 Å². The second-order valence-electron chi connectivity index (χ2n) is 6.37. The van der Waals surface area contributed by atoms with Gasteiger partial charge in [-0.15, -0.1) is 0 Å². The smallest absolute Gasteiger partial charge is 0.0613 e. The number of likely N-dealkylation sites (N-methyl/N-ethyl adjacent to an activating group) is 1. The maximum absolute atomic E-state index is 9.74. The minimum Gasteiger partial charge on any atom is -0.394 e. The number of aliphatic hydroxyl groups excluding tert-OH is 1. The molecule has 2 unspecified atom stereocenters. The van der Waals surface area contributed by atoms with Crippen LogP contribution in [0.5, 0.6) is 0 Å². The fourth-order valence-corrected chi connectivity index (χ4v) is 3.78. The van der Waals surface area contributed by atoms with Gasteiger partial charge >= 0.3 is 0 Å². The molecule has 0 amide bonds. The van der Waals surface area contributed by atoms with Crippen molar-refractivity contribution >= 4 is 0 Å². The standard InChI is InChI=1S/C17H37N3O/c1-5-18-17(15-21)11-10-16(14-17)20(8-4)13-9-12-19(6-2)7-3/h16,18,21H,5-15H2,1-4H3. The molecule has 4 nitrogen and oxygen atoms in total. The van der Waals surface area contributed by atoms with Crippen LogP contribution < -0.4 is 5.32 Å². The Labute approximate surface area is 131 Å². The molecule has 1 aliphatic rings. The Hall–Kier alpha value is -0.160. The molecule has 1 saturated carbocycles. The third-order valence-corrected chi connectivity index (χ3v) is 5.17. The van der Waals surface area contributed by atoms with Gasteiger partial charge in [0.2, 0.25) is 0 Å². The maximum Gasteiger partial charge on any atom is 0.0613 e. The van der Waals surface area contributed by atoms with Crippen molar-refractivity contribution in [1.82, 2.24) is 15.1 Å². The molecule has 126 valence electrons. The molecule has 4 heteroatoms. The van der Waals surface area contributed by atoms with Gasteiger partial charge in [0.1, 0.15) is 0 Å². The number of nitrogens with one attached hydrogen (secondary N) is 1. The Kier molecular flexibility index (Phi) is 8.79. The van der Waals surface area contributed by atoms with E-state index in [1.807, 2.05) is 0 Å². The number of aliphatic hydroxyl groups is 1. The van der Waals surface area contributed by atoms with E-state index in [2.05, 4.69) is 42.8 Å². The van der Waals surface area contributed by atoms with Crippen LogP contribution in [0.3, 0.4) is 0 Å². The van der Waals surface area contributed by atoms with Crippen LogP contribution in [-0.4, -0.2) is 72.4 Å². The quantitative estimate of drug-likeness (QED) is 0.611. The fourth-order valence-electron chi connectivity index (χ4n) is 3.78. The van der Waals surface area contributed by atoms with Crippen LogP contribution in [0, 0.1) is 0 Å². The lowest BCUT2D eigenvalue weighted by Crippen LogP contribution is -2.48. The van der Waals surface area contributed by atoms with Crippen molar-refractivity contribution in [2.24, 2.45) is 0 Å². The molecule has 0 saturated heterocycles. The Morgan fingerprint density at radius 3 is 2.33 bits per heavy atom. The SMILES string of the molecule is CCNC1(CO)CCC(N(CC)CCCN(CC)CC)C1. The first kappa shape index (κ1) is 18.9. The van der Waals surface area contributed by atoms with Gasteiger partial charge in [-0.3, -0.25) is 0 Å². The van der Waals surface area contributed by atoms with Gasteiger partial charge in [0.05, 0.1) is 6.61 Å². The number of hydrogen-bond acceptors (Lipinski definition) is 4. The summed E-state index contributed by atoms with van der Waals surface area (Å²) in [5.74, 6) is 0. The van der Waals surface area contributed by atoms with E-state index >= 15 is 0 Å². The molecule has 0 radical (unpaired) electrons. The number of nitrogens with zero attached hydrogens (tertiary/aromatic N) is 2. The Morgan fingerprint density at radius 2 is 1.81 bits per heavy atom. The third kappa shape index (κ3) is 5.51. The average molecular weight is 300 g/mol. The van der Waals surface area contributed by atoms with Crippen LogP contribution in [0.1, 0.15) is 53.4 Å². The summed E-state index contributed by atoms with van der Waals surface area (Å²) in [6, 6.07) is 0.637. The summed E-state index contributed by atoms with van der Waals surface area (Å²) in [6.45, 7) is 15.9. The van der Waals surface area contributed by atoms with E-state index in [0.717, 1.165) is 39.0 Å². The van der Waals surface area contributed by atoms with Gasteiger partial charge < -0.3 is 20.2 Å². The second-order valence-corrected chi connectivity index (χ2v) is 6.37. The first-order chi connectivity index (χ1) is 10.1. The lowest BCUT2D eigenvalue weighted by atomic mass is 9.98. The van der Waals surface area contributed by atoms with Gasteiger partial charge in [0, 0.05) is 11.6 Å². The molecule has 0 spiro atoms. The monoisotopic (exact) mass is 299 g/mol. The number of rotatable bonds is 11. The highest BCUT2D eigenvalue weighted by Crippen LogP contribution is 2.32. The molecule has 0 bridgehead atoms. The predicted molar refractivity (Wildman–Crippen MR) is 90.8 cm³/mol. The largest absolute Gasteiger partial charge is 0.394 e. The van der Waals surface area contributed by atoms with Gasteiger partial charge in [-0.1, -0.05) is 27.7 Å². The summed E-state index contributed by atoms with van der Waals surface area (Å²) in [6.07, 6.45) is 4.66. The number of hydrogen-bond donors (Lipinski definition) is 2. The average Bonchev–Trinajstić information content (AvgIpc) is 2.93. The molecule has 1 rings (SSSR count). The lowest BCUT2D eigenvalue weighted by Gasteiger charge is -2.32. The van der Waals surface area contributed by atoms with Crippen LogP contribution in [0.2, 0.25) is 0 Å². The molecular formula is C17H37N3O. The zero-order valence-electron chi connectivity index (χ0n) is 14.7. The van der Waals surface area contributed by atoms with E-state index in [1.165, 1.54) is 25.9 Å². The Balaban J connectivity index is 2.43. The van der Waals surface area contributed by atoms with Crippen molar-refractivity contribution in [3.8, 4) is 0 Å². The molecule has 1 aliphatic carbocycles. The molecule has 0 heterocycles. The van der Waals surface area contributed by atoms with Gasteiger partial charge in [-0.05, 0) is 65.0 Å². The van der Waals surface area contributed by atoms with Crippen molar-refractivity contribution in [1.29, 1.82) is 0 Å². The van der Waals surface area contributed by atoms with Crippen molar-refractivity contribution in [2.45, 2.75) is 65.0 Å². The van der Waals surface area contributed by atoms with E-state index < -0.39 is 0 Å². The summed E-state index contributed by atoms with van der Waals surface area (Å²) in [4.78, 5) is 5.12. The van der Waals surface area contributed by atoms with Crippen molar-refractivity contribution in [2.75, 3.05) is 45.9 Å². The zero-order chi connectivity index (χ0) is 15.7. The highest BCUT2D eigenvalue weighted by molar-refractivity contribution is 4.99. The van der Waals surface area contributed by atoms with E-state index in [-0.39, 0.29) is 12.1 Å². The summed E-state index contributed by atoms with van der Waals surface area (Å²) < 4.78 is 0. The van der Waals surface area contributed by atoms with Gasteiger partial charge in [-0.2, -0.15) is 0 Å². The van der Waals surface area contributed by atoms with Crippen LogP contribution in [0.25, 0.3) is 0 Å². The maximum atomic E-state index is 9.74. The predicted octanol–water partition coefficient (Wildman–Crippen LogP) is 1.93. The highest BCUT2D eigenvalue weighted by Gasteiger charge is 2.39. The molecule has 21 heavy (non-hydrogen) atoms. The second kappa shape index (κ2) is 9.78. The molecular weight excluding hydrogens is 262 g/mol. The fraction of sp³-hybridized carbons (Fsp3) is 1.00. The van der Waals surface area contributed by atoms with Gasteiger partial charge in [0.25, 0.3) is 0 Å². The minimum absolute atomic E-state index is 0.0221. The third-order valence-electron chi connectivity index (χ3n) is 5.17. The van der Waals surface area contributed by atoms with Crippen LogP contribution in [0.15, 0.2) is 0 Å². The zero-order valence-corrected chi connectivity index (χ0v) is 14.7. The molecule has 0 aliphatic heterocycles. The molecule has 0 aromatic carbocycles. The van der Waals surface area contributed by atoms with Crippen LogP contribution in [-0.2, 0) is 0 Å². The normalized spacial score (nSPS) is 26.1. The van der Waals surface area contributed by atoms with Gasteiger partial charge in [-0.25, -0.2) is 0 Å². The molecule has 2 N–H and O–H groups in total. The van der Waals surface area contributed by atoms with E-state index in [9.17, 15) is 5.11 Å². The Morgan fingerprint density at radius 1 is 1.10 bits per heavy atom. The van der Waals surface area contributed by atoms with Crippen LogP contribution in [0.4, 0.5) is 0 Å². The minimum atomic E-state index is -0.0221. The summed E-state index contributed by atoms with van der Waals surface area (Å²) in [5, 5.41) is 13.3. The first-order valence-corrected chi connectivity index (χ1v) is 8.96. The summed E-state index contributed by atoms with van der Waals surface area (Å²) in [7, 11) is 0. The molecule has 2 atom stereocenters. The van der Waals surface area contributed by atoms with Crippen LogP contribution >= 0.6 is 0 Å². The highest BCUT2D eigenvalue weighted by atomic mass is 16.3. The van der Waals surface area contributed by atoms with Crippen molar-refractivity contribution in [3.63, 3.8) is 0 Å². The molecule has 0 aromatic rings. The van der Waals surface area contributed by atoms with E-state index in [4.69, 9.17) is 0 Å². The van der Waals surface area contributed by atoms with Crippen molar-refractivity contribution in [3.05, 3.63) is 0 Å². The van der Waals surface area contributed by atoms with Crippen molar-refractivity contribution < 1.29 is 5.11 Å². The Bertz CT molecular complexity index is 271. The topological polar surface area (TPSA) is 38.7 Å². The lowest BCUT2D eigenvalue weighted by molar-refractivity contribution is 0.142. The molecule has 1 fully saturated rings. The molecule has 0 aromatic heterocycles. The summed E-state index contributed by atoms with van der Waals surface area (Å²) >= 11 is 0.